The highest BCUT2D eigenvalue weighted by atomic mass is 16.4. The Balaban J connectivity index is 1.38. The molecule has 1 aromatic heterocycles. The van der Waals surface area contributed by atoms with Gasteiger partial charge < -0.3 is 14.2 Å². The van der Waals surface area contributed by atoms with Crippen molar-refractivity contribution in [3.8, 4) is 11.5 Å². The maximum Gasteiger partial charge on any atom is 0.228 e. The van der Waals surface area contributed by atoms with Crippen LogP contribution in [0, 0.1) is 6.92 Å². The molecule has 27 heavy (non-hydrogen) atoms. The van der Waals surface area contributed by atoms with Crippen LogP contribution in [0.2, 0.25) is 0 Å². The van der Waals surface area contributed by atoms with Crippen molar-refractivity contribution in [2.75, 3.05) is 31.1 Å². The van der Waals surface area contributed by atoms with Gasteiger partial charge >= 0.3 is 0 Å². The second-order valence-electron chi connectivity index (χ2n) is 6.77. The standard InChI is InChI=1S/C22H23N3O2/c1-17-20(23-22(27-17)18-8-4-2-5-9-18)16-21(26)25-14-12-24(13-15-25)19-10-6-3-7-11-19/h2-11H,12-16H2,1H3. The minimum absolute atomic E-state index is 0.110. The van der Waals surface area contributed by atoms with E-state index >= 15 is 0 Å². The molecule has 4 rings (SSSR count). The van der Waals surface area contributed by atoms with Crippen molar-refractivity contribution in [1.82, 2.24) is 9.88 Å². The highest BCUT2D eigenvalue weighted by molar-refractivity contribution is 5.79. The number of anilines is 1. The van der Waals surface area contributed by atoms with Crippen LogP contribution in [0.25, 0.3) is 11.5 Å². The van der Waals surface area contributed by atoms with E-state index in [1.165, 1.54) is 5.69 Å². The maximum absolute atomic E-state index is 12.7. The third-order valence-electron chi connectivity index (χ3n) is 4.99. The second kappa shape index (κ2) is 7.66. The Morgan fingerprint density at radius 3 is 2.26 bits per heavy atom. The van der Waals surface area contributed by atoms with Crippen molar-refractivity contribution >= 4 is 11.6 Å². The molecule has 1 aliphatic rings. The lowest BCUT2D eigenvalue weighted by Crippen LogP contribution is -2.49. The van der Waals surface area contributed by atoms with Gasteiger partial charge in [0, 0.05) is 37.4 Å². The number of aromatic nitrogens is 1. The number of carbonyl (C=O) groups excluding carboxylic acids is 1. The minimum Gasteiger partial charge on any atom is -0.441 e. The molecule has 3 aromatic rings. The molecule has 0 aliphatic carbocycles. The summed E-state index contributed by atoms with van der Waals surface area (Å²) in [6.45, 7) is 5.04. The number of hydrogen-bond acceptors (Lipinski definition) is 4. The predicted octanol–water partition coefficient (Wildman–Crippen LogP) is 3.54. The van der Waals surface area contributed by atoms with E-state index in [2.05, 4.69) is 22.0 Å². The van der Waals surface area contributed by atoms with Crippen molar-refractivity contribution in [3.05, 3.63) is 72.1 Å². The molecule has 0 saturated carbocycles. The van der Waals surface area contributed by atoms with Gasteiger partial charge in [0.1, 0.15) is 5.76 Å². The van der Waals surface area contributed by atoms with Crippen LogP contribution in [0.15, 0.2) is 65.1 Å². The Hall–Kier alpha value is -3.08. The van der Waals surface area contributed by atoms with Gasteiger partial charge in [0.05, 0.1) is 12.1 Å². The van der Waals surface area contributed by atoms with Gasteiger partial charge in [-0.15, -0.1) is 0 Å². The lowest BCUT2D eigenvalue weighted by Gasteiger charge is -2.36. The SMILES string of the molecule is Cc1oc(-c2ccccc2)nc1CC(=O)N1CCN(c2ccccc2)CC1. The van der Waals surface area contributed by atoms with E-state index in [0.717, 1.165) is 37.4 Å². The zero-order chi connectivity index (χ0) is 18.6. The van der Waals surface area contributed by atoms with E-state index in [4.69, 9.17) is 4.42 Å². The summed E-state index contributed by atoms with van der Waals surface area (Å²) >= 11 is 0. The van der Waals surface area contributed by atoms with Crippen molar-refractivity contribution in [2.45, 2.75) is 13.3 Å². The van der Waals surface area contributed by atoms with Crippen LogP contribution in [0.4, 0.5) is 5.69 Å². The number of hydrogen-bond donors (Lipinski definition) is 0. The number of benzene rings is 2. The van der Waals surface area contributed by atoms with E-state index < -0.39 is 0 Å². The molecule has 0 unspecified atom stereocenters. The Bertz CT molecular complexity index is 898. The minimum atomic E-state index is 0.110. The highest BCUT2D eigenvalue weighted by Crippen LogP contribution is 2.22. The van der Waals surface area contributed by atoms with Gasteiger partial charge in [-0.3, -0.25) is 4.79 Å². The third-order valence-corrected chi connectivity index (χ3v) is 4.99. The normalized spacial score (nSPS) is 14.4. The first-order chi connectivity index (χ1) is 13.2. The molecular weight excluding hydrogens is 338 g/mol. The fourth-order valence-electron chi connectivity index (χ4n) is 3.40. The van der Waals surface area contributed by atoms with Crippen molar-refractivity contribution in [1.29, 1.82) is 0 Å². The maximum atomic E-state index is 12.7. The highest BCUT2D eigenvalue weighted by Gasteiger charge is 2.23. The van der Waals surface area contributed by atoms with Crippen LogP contribution in [-0.4, -0.2) is 42.0 Å². The molecule has 5 heteroatoms. The molecule has 0 radical (unpaired) electrons. The number of aryl methyl sites for hydroxylation is 1. The largest absolute Gasteiger partial charge is 0.441 e. The quantitative estimate of drug-likeness (QED) is 0.713. The van der Waals surface area contributed by atoms with Gasteiger partial charge in [-0.05, 0) is 31.2 Å². The van der Waals surface area contributed by atoms with Gasteiger partial charge in [0.15, 0.2) is 0 Å². The van der Waals surface area contributed by atoms with Crippen LogP contribution in [0.3, 0.4) is 0 Å². The molecule has 1 amide bonds. The molecule has 0 spiro atoms. The van der Waals surface area contributed by atoms with Crippen LogP contribution in [0.5, 0.6) is 0 Å². The number of oxazole rings is 1. The molecule has 5 nitrogen and oxygen atoms in total. The van der Waals surface area contributed by atoms with Crippen LogP contribution < -0.4 is 4.90 Å². The van der Waals surface area contributed by atoms with Crippen LogP contribution >= 0.6 is 0 Å². The average Bonchev–Trinajstić information content (AvgIpc) is 3.10. The number of piperazine rings is 1. The zero-order valence-corrected chi connectivity index (χ0v) is 15.5. The molecule has 0 N–H and O–H groups in total. The number of carbonyl (C=O) groups is 1. The molecular formula is C22H23N3O2. The van der Waals surface area contributed by atoms with Crippen LogP contribution in [-0.2, 0) is 11.2 Å². The number of amides is 1. The van der Waals surface area contributed by atoms with E-state index in [1.807, 2.05) is 60.4 Å². The molecule has 1 saturated heterocycles. The monoisotopic (exact) mass is 361 g/mol. The average molecular weight is 361 g/mol. The van der Waals surface area contributed by atoms with Crippen molar-refractivity contribution < 1.29 is 9.21 Å². The smallest absolute Gasteiger partial charge is 0.228 e. The predicted molar refractivity (Wildman–Crippen MR) is 106 cm³/mol. The summed E-state index contributed by atoms with van der Waals surface area (Å²) in [5.41, 5.74) is 2.87. The Labute approximate surface area is 159 Å². The Morgan fingerprint density at radius 1 is 0.963 bits per heavy atom. The summed E-state index contributed by atoms with van der Waals surface area (Å²) in [7, 11) is 0. The first kappa shape index (κ1) is 17.3. The molecule has 2 aromatic carbocycles. The molecule has 0 bridgehead atoms. The van der Waals surface area contributed by atoms with E-state index in [0.29, 0.717) is 11.7 Å². The summed E-state index contributed by atoms with van der Waals surface area (Å²) in [5, 5.41) is 0. The zero-order valence-electron chi connectivity index (χ0n) is 15.5. The fourth-order valence-corrected chi connectivity index (χ4v) is 3.40. The van der Waals surface area contributed by atoms with Crippen LogP contribution in [0.1, 0.15) is 11.5 Å². The molecule has 138 valence electrons. The third kappa shape index (κ3) is 3.87. The second-order valence-corrected chi connectivity index (χ2v) is 6.77. The lowest BCUT2D eigenvalue weighted by atomic mass is 10.2. The summed E-state index contributed by atoms with van der Waals surface area (Å²) in [6.07, 6.45) is 0.285. The van der Waals surface area contributed by atoms with Gasteiger partial charge in [0.25, 0.3) is 0 Å². The lowest BCUT2D eigenvalue weighted by molar-refractivity contribution is -0.130. The van der Waals surface area contributed by atoms with E-state index in [9.17, 15) is 4.79 Å². The number of para-hydroxylation sites is 1. The first-order valence-electron chi connectivity index (χ1n) is 9.30. The summed E-state index contributed by atoms with van der Waals surface area (Å²) in [5.74, 6) is 1.40. The number of rotatable bonds is 4. The summed E-state index contributed by atoms with van der Waals surface area (Å²) < 4.78 is 5.77. The molecule has 1 fully saturated rings. The Morgan fingerprint density at radius 2 is 1.59 bits per heavy atom. The molecule has 1 aliphatic heterocycles. The fraction of sp³-hybridized carbons (Fsp3) is 0.273. The van der Waals surface area contributed by atoms with Gasteiger partial charge in [-0.25, -0.2) is 4.98 Å². The van der Waals surface area contributed by atoms with Gasteiger partial charge in [-0.1, -0.05) is 36.4 Å². The topological polar surface area (TPSA) is 49.6 Å². The molecule has 0 atom stereocenters. The van der Waals surface area contributed by atoms with Crippen molar-refractivity contribution in [3.63, 3.8) is 0 Å². The van der Waals surface area contributed by atoms with Gasteiger partial charge in [-0.2, -0.15) is 0 Å². The summed E-state index contributed by atoms with van der Waals surface area (Å²) in [4.78, 5) is 21.5. The Kier molecular flexibility index (Phi) is 4.92. The van der Waals surface area contributed by atoms with E-state index in [1.54, 1.807) is 0 Å². The summed E-state index contributed by atoms with van der Waals surface area (Å²) in [6, 6.07) is 20.1. The first-order valence-corrected chi connectivity index (χ1v) is 9.30. The molecule has 2 heterocycles. The van der Waals surface area contributed by atoms with E-state index in [-0.39, 0.29) is 12.3 Å². The van der Waals surface area contributed by atoms with Crippen molar-refractivity contribution in [2.24, 2.45) is 0 Å². The van der Waals surface area contributed by atoms with Gasteiger partial charge in [0.2, 0.25) is 11.8 Å². The number of nitrogens with zero attached hydrogens (tertiary/aromatic N) is 3.